The first-order valence-electron chi connectivity index (χ1n) is 13.7. The van der Waals surface area contributed by atoms with Crippen LogP contribution >= 0.6 is 23.4 Å². The van der Waals surface area contributed by atoms with Crippen LogP contribution in [0.5, 0.6) is 5.75 Å². The van der Waals surface area contributed by atoms with Crippen LogP contribution < -0.4 is 4.74 Å². The zero-order chi connectivity index (χ0) is 28.7. The molecule has 5 rings (SSSR count). The lowest BCUT2D eigenvalue weighted by Gasteiger charge is -2.23. The Hall–Kier alpha value is -3.15. The Kier molecular flexibility index (Phi) is 7.82. The van der Waals surface area contributed by atoms with E-state index in [1.54, 1.807) is 0 Å². The number of thioether (sulfide) groups is 1. The number of ether oxygens (including phenoxy) is 1. The molecule has 40 heavy (non-hydrogen) atoms. The molecule has 0 amide bonds. The number of aldehydes is 1. The molecule has 4 nitrogen and oxygen atoms in total. The van der Waals surface area contributed by atoms with E-state index >= 15 is 0 Å². The van der Waals surface area contributed by atoms with Crippen molar-refractivity contribution in [3.8, 4) is 5.75 Å². The van der Waals surface area contributed by atoms with E-state index in [1.807, 2.05) is 37.7 Å². The molecule has 0 atom stereocenters. The molecule has 0 bridgehead atoms. The van der Waals surface area contributed by atoms with Gasteiger partial charge in [-0.3, -0.25) is 0 Å². The Balaban J connectivity index is 1.59. The van der Waals surface area contributed by atoms with E-state index in [0.717, 1.165) is 39.2 Å². The van der Waals surface area contributed by atoms with Crippen LogP contribution in [-0.2, 0) is 31.4 Å². The van der Waals surface area contributed by atoms with Gasteiger partial charge in [-0.1, -0.05) is 76.6 Å². The number of hydrogen-bond donors (Lipinski definition) is 0. The van der Waals surface area contributed by atoms with E-state index < -0.39 is 5.41 Å². The SMILES string of the molecule is Cn1c(COc2ccc3c(c2)c(SC(C)(C)C)c(CC(C)(C)C=O)n3Cc2ccc(Cl)cc2)cc2ccccc21. The molecule has 5 aromatic rings. The molecule has 0 N–H and O–H groups in total. The van der Waals surface area contributed by atoms with Crippen molar-refractivity contribution in [3.63, 3.8) is 0 Å². The highest BCUT2D eigenvalue weighted by atomic mass is 35.5. The average Bonchev–Trinajstić information content (AvgIpc) is 3.37. The first-order valence-corrected chi connectivity index (χ1v) is 14.8. The second kappa shape index (κ2) is 11.0. The molecule has 0 spiro atoms. The number of hydrogen-bond acceptors (Lipinski definition) is 3. The summed E-state index contributed by atoms with van der Waals surface area (Å²) in [4.78, 5) is 13.3. The van der Waals surface area contributed by atoms with Crippen molar-refractivity contribution in [2.75, 3.05) is 0 Å². The Morgan fingerprint density at radius 3 is 2.33 bits per heavy atom. The van der Waals surface area contributed by atoms with Crippen LogP contribution in [0, 0.1) is 5.41 Å². The summed E-state index contributed by atoms with van der Waals surface area (Å²) < 4.78 is 10.9. The number of nitrogens with zero attached hydrogens (tertiary/aromatic N) is 2. The Morgan fingerprint density at radius 2 is 1.65 bits per heavy atom. The van der Waals surface area contributed by atoms with Crippen molar-refractivity contribution in [3.05, 3.63) is 94.8 Å². The van der Waals surface area contributed by atoms with Gasteiger partial charge in [0.1, 0.15) is 18.6 Å². The average molecular weight is 573 g/mol. The van der Waals surface area contributed by atoms with Crippen LogP contribution in [-0.4, -0.2) is 20.2 Å². The summed E-state index contributed by atoms with van der Waals surface area (Å²) in [7, 11) is 2.08. The number of aryl methyl sites for hydroxylation is 1. The molecule has 0 saturated carbocycles. The normalized spacial score (nSPS) is 12.4. The van der Waals surface area contributed by atoms with Crippen molar-refractivity contribution < 1.29 is 9.53 Å². The monoisotopic (exact) mass is 572 g/mol. The van der Waals surface area contributed by atoms with Gasteiger partial charge in [-0.15, -0.1) is 11.8 Å². The molecule has 0 aliphatic rings. The lowest BCUT2D eigenvalue weighted by atomic mass is 9.89. The summed E-state index contributed by atoms with van der Waals surface area (Å²) in [6.45, 7) is 11.9. The molecule has 6 heteroatoms. The van der Waals surface area contributed by atoms with Crippen LogP contribution in [0.25, 0.3) is 21.8 Å². The summed E-state index contributed by atoms with van der Waals surface area (Å²) in [5.41, 5.74) is 5.30. The molecule has 208 valence electrons. The van der Waals surface area contributed by atoms with E-state index in [1.165, 1.54) is 21.5 Å². The van der Waals surface area contributed by atoms with Gasteiger partial charge >= 0.3 is 0 Å². The molecule has 0 radical (unpaired) electrons. The molecule has 0 unspecified atom stereocenters. The van der Waals surface area contributed by atoms with Gasteiger partial charge in [-0.25, -0.2) is 0 Å². The molecule has 2 heterocycles. The highest BCUT2D eigenvalue weighted by Crippen LogP contribution is 2.44. The Morgan fingerprint density at radius 1 is 0.925 bits per heavy atom. The number of para-hydroxylation sites is 1. The molecule has 3 aromatic carbocycles. The van der Waals surface area contributed by atoms with Crippen molar-refractivity contribution in [1.82, 2.24) is 9.13 Å². The maximum Gasteiger partial charge on any atom is 0.128 e. The van der Waals surface area contributed by atoms with Crippen LogP contribution in [0.4, 0.5) is 0 Å². The molecular weight excluding hydrogens is 536 g/mol. The summed E-state index contributed by atoms with van der Waals surface area (Å²) >= 11 is 8.04. The fourth-order valence-electron chi connectivity index (χ4n) is 5.11. The van der Waals surface area contributed by atoms with Gasteiger partial charge < -0.3 is 18.7 Å². The third kappa shape index (κ3) is 6.11. The molecule has 0 aliphatic carbocycles. The summed E-state index contributed by atoms with van der Waals surface area (Å²) in [6, 6.07) is 25.0. The van der Waals surface area contributed by atoms with Gasteiger partial charge in [0.2, 0.25) is 0 Å². The first-order chi connectivity index (χ1) is 18.9. The van der Waals surface area contributed by atoms with Crippen LogP contribution in [0.15, 0.2) is 77.7 Å². The summed E-state index contributed by atoms with van der Waals surface area (Å²) in [5.74, 6) is 0.832. The number of benzene rings is 3. The minimum Gasteiger partial charge on any atom is -0.487 e. The second-order valence-electron chi connectivity index (χ2n) is 12.2. The van der Waals surface area contributed by atoms with Crippen molar-refractivity contribution in [2.24, 2.45) is 12.5 Å². The lowest BCUT2D eigenvalue weighted by Crippen LogP contribution is -2.20. The predicted octanol–water partition coefficient (Wildman–Crippen LogP) is 9.07. The smallest absolute Gasteiger partial charge is 0.128 e. The molecule has 0 fully saturated rings. The number of carbonyl (C=O) groups is 1. The third-order valence-corrected chi connectivity index (χ3v) is 8.66. The topological polar surface area (TPSA) is 36.2 Å². The number of rotatable bonds is 9. The quantitative estimate of drug-likeness (QED) is 0.130. The Labute approximate surface area is 246 Å². The molecule has 0 aliphatic heterocycles. The zero-order valence-corrected chi connectivity index (χ0v) is 25.7. The number of halogens is 1. The van der Waals surface area contributed by atoms with Crippen LogP contribution in [0.1, 0.15) is 51.6 Å². The van der Waals surface area contributed by atoms with Crippen LogP contribution in [0.2, 0.25) is 5.02 Å². The van der Waals surface area contributed by atoms with E-state index in [2.05, 4.69) is 97.6 Å². The maximum absolute atomic E-state index is 12.1. The Bertz CT molecular complexity index is 1670. The van der Waals surface area contributed by atoms with Gasteiger partial charge in [-0.2, -0.15) is 0 Å². The highest BCUT2D eigenvalue weighted by molar-refractivity contribution is 8.00. The van der Waals surface area contributed by atoms with Crippen molar-refractivity contribution in [1.29, 1.82) is 0 Å². The fraction of sp³-hybridized carbons (Fsp3) is 0.324. The highest BCUT2D eigenvalue weighted by Gasteiger charge is 2.28. The fourth-order valence-corrected chi connectivity index (χ4v) is 6.42. The van der Waals surface area contributed by atoms with E-state index in [9.17, 15) is 4.79 Å². The zero-order valence-electron chi connectivity index (χ0n) is 24.1. The minimum atomic E-state index is -0.493. The molecular formula is C34H37ClN2O2S. The van der Waals surface area contributed by atoms with E-state index in [0.29, 0.717) is 19.6 Å². The van der Waals surface area contributed by atoms with Crippen molar-refractivity contribution >= 4 is 51.5 Å². The third-order valence-electron chi connectivity index (χ3n) is 7.13. The van der Waals surface area contributed by atoms with Gasteiger partial charge in [0.05, 0.1) is 5.69 Å². The van der Waals surface area contributed by atoms with Crippen molar-refractivity contribution in [2.45, 2.75) is 63.8 Å². The largest absolute Gasteiger partial charge is 0.487 e. The summed E-state index contributed by atoms with van der Waals surface area (Å²) in [5, 5.41) is 3.09. The van der Waals surface area contributed by atoms with Crippen LogP contribution in [0.3, 0.4) is 0 Å². The van der Waals surface area contributed by atoms with Gasteiger partial charge in [-0.05, 0) is 53.4 Å². The number of aromatic nitrogens is 2. The lowest BCUT2D eigenvalue weighted by molar-refractivity contribution is -0.114. The van der Waals surface area contributed by atoms with Gasteiger partial charge in [0, 0.05) is 62.2 Å². The first kappa shape index (κ1) is 28.4. The van der Waals surface area contributed by atoms with Gasteiger partial charge in [0.15, 0.2) is 0 Å². The molecule has 2 aromatic heterocycles. The maximum atomic E-state index is 12.1. The standard InChI is InChI=1S/C34H37ClN2O2S/c1-33(2,3)40-32-28-18-27(39-21-26-17-24-9-7-8-10-29(24)36(26)6)15-16-30(28)37(31(32)19-34(4,5)22-38)20-23-11-13-25(35)14-12-23/h7-18,22H,19-21H2,1-6H3. The molecule has 0 saturated heterocycles. The number of carbonyl (C=O) groups excluding carboxylic acids is 1. The van der Waals surface area contributed by atoms with E-state index in [4.69, 9.17) is 16.3 Å². The summed E-state index contributed by atoms with van der Waals surface area (Å²) in [6.07, 6.45) is 1.71. The number of fused-ring (bicyclic) bond motifs is 2. The van der Waals surface area contributed by atoms with Gasteiger partial charge in [0.25, 0.3) is 0 Å². The second-order valence-corrected chi connectivity index (χ2v) is 14.5. The van der Waals surface area contributed by atoms with E-state index in [-0.39, 0.29) is 4.75 Å². The predicted molar refractivity (Wildman–Crippen MR) is 169 cm³/mol. The minimum absolute atomic E-state index is 0.0144.